The molecule has 2 aliphatic rings. The second-order valence-electron chi connectivity index (χ2n) is 7.22. The van der Waals surface area contributed by atoms with Gasteiger partial charge >= 0.3 is 6.03 Å². The van der Waals surface area contributed by atoms with Gasteiger partial charge in [0.15, 0.2) is 0 Å². The summed E-state index contributed by atoms with van der Waals surface area (Å²) in [5.74, 6) is 0.783. The number of hydrogen-bond donors (Lipinski definition) is 2. The van der Waals surface area contributed by atoms with Gasteiger partial charge in [-0.15, -0.1) is 10.2 Å². The lowest BCUT2D eigenvalue weighted by Crippen LogP contribution is -2.41. The highest BCUT2D eigenvalue weighted by atomic mass is 32.2. The molecular weight excluding hydrogens is 374 g/mol. The summed E-state index contributed by atoms with van der Waals surface area (Å²) in [5, 5.41) is 15.5. The molecule has 1 aromatic rings. The topological polar surface area (TPSA) is 104 Å². The Balaban J connectivity index is 1.40. The predicted molar refractivity (Wildman–Crippen MR) is 102 cm³/mol. The third kappa shape index (κ3) is 5.37. The quantitative estimate of drug-likeness (QED) is 0.788. The van der Waals surface area contributed by atoms with Crippen LogP contribution in [0.15, 0.2) is 0 Å². The minimum atomic E-state index is -3.11. The number of hydrogen-bond acceptors (Lipinski definition) is 6. The van der Waals surface area contributed by atoms with Crippen molar-refractivity contribution in [2.45, 2.75) is 50.9 Å². The standard InChI is InChI=1S/C16H27N5O3S2/c1-26(23,24)21-9-7-12(8-10-21)11-17-15(22)18-16-20-19-14(25-16)13-5-3-2-4-6-13/h12-13H,2-11H2,1H3,(H2,17,18,20,22). The molecule has 2 fully saturated rings. The van der Waals surface area contributed by atoms with Crippen molar-refractivity contribution in [1.29, 1.82) is 0 Å². The molecule has 146 valence electrons. The first-order valence-electron chi connectivity index (χ1n) is 9.25. The fraction of sp³-hybridized carbons (Fsp3) is 0.812. The summed E-state index contributed by atoms with van der Waals surface area (Å²) in [6.45, 7) is 1.58. The maximum atomic E-state index is 12.1. The van der Waals surface area contributed by atoms with Crippen LogP contribution in [0.3, 0.4) is 0 Å². The summed E-state index contributed by atoms with van der Waals surface area (Å²) >= 11 is 1.46. The molecule has 1 aliphatic carbocycles. The molecule has 0 aromatic carbocycles. The maximum absolute atomic E-state index is 12.1. The second-order valence-corrected chi connectivity index (χ2v) is 10.2. The van der Waals surface area contributed by atoms with Crippen LogP contribution in [0.25, 0.3) is 0 Å². The van der Waals surface area contributed by atoms with E-state index in [4.69, 9.17) is 0 Å². The van der Waals surface area contributed by atoms with Crippen molar-refractivity contribution in [2.75, 3.05) is 31.2 Å². The first kappa shape index (κ1) is 19.5. The molecule has 0 spiro atoms. The second kappa shape index (κ2) is 8.62. The zero-order chi connectivity index (χ0) is 18.6. The molecule has 2 N–H and O–H groups in total. The molecule has 26 heavy (non-hydrogen) atoms. The first-order valence-corrected chi connectivity index (χ1v) is 11.9. The first-order chi connectivity index (χ1) is 12.4. The number of amides is 2. The fourth-order valence-electron chi connectivity index (χ4n) is 3.62. The Bertz CT molecular complexity index is 707. The molecule has 1 aromatic heterocycles. The van der Waals surface area contributed by atoms with Crippen molar-refractivity contribution in [3.63, 3.8) is 0 Å². The van der Waals surface area contributed by atoms with Gasteiger partial charge in [-0.25, -0.2) is 17.5 Å². The zero-order valence-electron chi connectivity index (χ0n) is 15.1. The van der Waals surface area contributed by atoms with Crippen LogP contribution in [0.5, 0.6) is 0 Å². The van der Waals surface area contributed by atoms with Crippen LogP contribution >= 0.6 is 11.3 Å². The van der Waals surface area contributed by atoms with E-state index in [-0.39, 0.29) is 6.03 Å². The summed E-state index contributed by atoms with van der Waals surface area (Å²) < 4.78 is 24.5. The molecule has 0 radical (unpaired) electrons. The van der Waals surface area contributed by atoms with Crippen LogP contribution in [0.1, 0.15) is 55.9 Å². The van der Waals surface area contributed by atoms with E-state index < -0.39 is 10.0 Å². The molecule has 8 nitrogen and oxygen atoms in total. The van der Waals surface area contributed by atoms with E-state index in [9.17, 15) is 13.2 Å². The van der Waals surface area contributed by atoms with Gasteiger partial charge in [-0.05, 0) is 31.6 Å². The van der Waals surface area contributed by atoms with Gasteiger partial charge in [0.1, 0.15) is 5.01 Å². The molecule has 10 heteroatoms. The highest BCUT2D eigenvalue weighted by Gasteiger charge is 2.25. The maximum Gasteiger partial charge on any atom is 0.321 e. The van der Waals surface area contributed by atoms with Crippen LogP contribution < -0.4 is 10.6 Å². The number of carbonyl (C=O) groups is 1. The summed E-state index contributed by atoms with van der Waals surface area (Å²) in [6, 6.07) is -0.276. The fourth-order valence-corrected chi connectivity index (χ4v) is 5.40. The van der Waals surface area contributed by atoms with Crippen molar-refractivity contribution in [2.24, 2.45) is 5.92 Å². The van der Waals surface area contributed by atoms with Crippen LogP contribution in [-0.2, 0) is 10.0 Å². The van der Waals surface area contributed by atoms with Gasteiger partial charge in [0.2, 0.25) is 15.2 Å². The summed E-state index contributed by atoms with van der Waals surface area (Å²) in [4.78, 5) is 12.1. The summed E-state index contributed by atoms with van der Waals surface area (Å²) in [6.07, 6.45) is 8.86. The SMILES string of the molecule is CS(=O)(=O)N1CCC(CNC(=O)Nc2nnc(C3CCCCC3)s2)CC1. The molecule has 2 heterocycles. The number of nitrogens with zero attached hydrogens (tertiary/aromatic N) is 3. The Morgan fingerprint density at radius 3 is 2.50 bits per heavy atom. The monoisotopic (exact) mass is 401 g/mol. The smallest absolute Gasteiger partial charge is 0.321 e. The third-order valence-electron chi connectivity index (χ3n) is 5.21. The van der Waals surface area contributed by atoms with Gasteiger partial charge in [0.25, 0.3) is 0 Å². The number of sulfonamides is 1. The van der Waals surface area contributed by atoms with Crippen molar-refractivity contribution in [3.8, 4) is 0 Å². The molecular formula is C16H27N5O3S2. The Hall–Kier alpha value is -1.26. The number of rotatable bonds is 5. The summed E-state index contributed by atoms with van der Waals surface area (Å²) in [7, 11) is -3.11. The van der Waals surface area contributed by atoms with Crippen molar-refractivity contribution < 1.29 is 13.2 Å². The molecule has 1 aliphatic heterocycles. The Kier molecular flexibility index (Phi) is 6.46. The van der Waals surface area contributed by atoms with Crippen molar-refractivity contribution in [1.82, 2.24) is 19.8 Å². The number of nitrogens with one attached hydrogen (secondary N) is 2. The lowest BCUT2D eigenvalue weighted by atomic mass is 9.90. The molecule has 1 saturated heterocycles. The molecule has 0 atom stereocenters. The van der Waals surface area contributed by atoms with Crippen molar-refractivity contribution >= 4 is 32.5 Å². The number of urea groups is 1. The number of piperidine rings is 1. The van der Waals surface area contributed by atoms with E-state index >= 15 is 0 Å². The van der Waals surface area contributed by atoms with Gasteiger partial charge < -0.3 is 5.32 Å². The normalized spacial score (nSPS) is 20.8. The Labute approximate surface area is 158 Å². The molecule has 0 unspecified atom stereocenters. The van der Waals surface area contributed by atoms with Crippen LogP contribution in [0.4, 0.5) is 9.93 Å². The molecule has 0 bridgehead atoms. The van der Waals surface area contributed by atoms with Crippen molar-refractivity contribution in [3.05, 3.63) is 5.01 Å². The zero-order valence-corrected chi connectivity index (χ0v) is 16.7. The average Bonchev–Trinajstić information content (AvgIpc) is 3.09. The lowest BCUT2D eigenvalue weighted by Gasteiger charge is -2.30. The molecule has 1 saturated carbocycles. The highest BCUT2D eigenvalue weighted by molar-refractivity contribution is 7.88. The molecule has 3 rings (SSSR count). The number of aromatic nitrogens is 2. The van der Waals surface area contributed by atoms with Gasteiger partial charge in [0.05, 0.1) is 6.26 Å². The van der Waals surface area contributed by atoms with E-state index in [2.05, 4.69) is 20.8 Å². The van der Waals surface area contributed by atoms with E-state index in [1.54, 1.807) is 0 Å². The average molecular weight is 402 g/mol. The van der Waals surface area contributed by atoms with Gasteiger partial charge in [-0.2, -0.15) is 0 Å². The molecule has 2 amide bonds. The van der Waals surface area contributed by atoms with E-state index in [0.29, 0.717) is 36.6 Å². The van der Waals surface area contributed by atoms with E-state index in [1.807, 2.05) is 0 Å². The number of anilines is 1. The van der Waals surface area contributed by atoms with Crippen LogP contribution in [0, 0.1) is 5.92 Å². The largest absolute Gasteiger partial charge is 0.338 e. The van der Waals surface area contributed by atoms with Gasteiger partial charge in [-0.3, -0.25) is 5.32 Å². The van der Waals surface area contributed by atoms with E-state index in [0.717, 1.165) is 30.7 Å². The Morgan fingerprint density at radius 1 is 1.15 bits per heavy atom. The Morgan fingerprint density at radius 2 is 1.85 bits per heavy atom. The highest BCUT2D eigenvalue weighted by Crippen LogP contribution is 2.35. The van der Waals surface area contributed by atoms with Crippen LogP contribution in [0.2, 0.25) is 0 Å². The van der Waals surface area contributed by atoms with Gasteiger partial charge in [0, 0.05) is 25.6 Å². The van der Waals surface area contributed by atoms with Gasteiger partial charge in [-0.1, -0.05) is 30.6 Å². The third-order valence-corrected chi connectivity index (χ3v) is 7.51. The lowest BCUT2D eigenvalue weighted by molar-refractivity contribution is 0.241. The predicted octanol–water partition coefficient (Wildman–Crippen LogP) is 2.38. The number of carbonyl (C=O) groups excluding carboxylic acids is 1. The van der Waals surface area contributed by atoms with E-state index in [1.165, 1.54) is 41.2 Å². The minimum Gasteiger partial charge on any atom is -0.338 e. The summed E-state index contributed by atoms with van der Waals surface area (Å²) in [5.41, 5.74) is 0. The minimum absolute atomic E-state index is 0.276. The van der Waals surface area contributed by atoms with Crippen LogP contribution in [-0.4, -0.2) is 54.8 Å².